The van der Waals surface area contributed by atoms with Crippen LogP contribution in [0.3, 0.4) is 0 Å². The molecule has 1 aliphatic carbocycles. The first kappa shape index (κ1) is 13.1. The van der Waals surface area contributed by atoms with E-state index in [0.717, 1.165) is 18.7 Å². The van der Waals surface area contributed by atoms with Crippen molar-refractivity contribution < 1.29 is 4.79 Å². The van der Waals surface area contributed by atoms with Crippen molar-refractivity contribution in [2.24, 2.45) is 0 Å². The number of benzene rings is 1. The average Bonchev–Trinajstić information content (AvgIpc) is 3.22. The van der Waals surface area contributed by atoms with E-state index in [9.17, 15) is 4.79 Å². The maximum Gasteiger partial charge on any atom is 0.227 e. The molecule has 0 atom stereocenters. The van der Waals surface area contributed by atoms with Gasteiger partial charge in [0.2, 0.25) is 5.91 Å². The SMILES string of the molecule is CCc1ccc(N(C)C(=O)CCNC2CC2)cc1. The summed E-state index contributed by atoms with van der Waals surface area (Å²) in [5, 5.41) is 3.36. The number of carbonyl (C=O) groups excluding carboxylic acids is 1. The third kappa shape index (κ3) is 3.57. The number of nitrogens with one attached hydrogen (secondary N) is 1. The molecular formula is C15H22N2O. The minimum absolute atomic E-state index is 0.174. The molecule has 1 aromatic rings. The molecule has 3 heteroatoms. The molecule has 1 saturated carbocycles. The quantitative estimate of drug-likeness (QED) is 0.835. The van der Waals surface area contributed by atoms with Gasteiger partial charge in [0.05, 0.1) is 0 Å². The fraction of sp³-hybridized carbons (Fsp3) is 0.533. The van der Waals surface area contributed by atoms with Crippen molar-refractivity contribution >= 4 is 11.6 Å². The molecule has 0 aromatic heterocycles. The Hall–Kier alpha value is -1.35. The number of rotatable bonds is 6. The van der Waals surface area contributed by atoms with E-state index in [4.69, 9.17) is 0 Å². The summed E-state index contributed by atoms with van der Waals surface area (Å²) in [6.07, 6.45) is 4.14. The number of aryl methyl sites for hydroxylation is 1. The zero-order valence-electron chi connectivity index (χ0n) is 11.3. The van der Waals surface area contributed by atoms with Gasteiger partial charge in [-0.05, 0) is 37.0 Å². The molecule has 0 heterocycles. The van der Waals surface area contributed by atoms with Gasteiger partial charge >= 0.3 is 0 Å². The lowest BCUT2D eigenvalue weighted by Gasteiger charge is -2.17. The van der Waals surface area contributed by atoms with E-state index in [1.165, 1.54) is 18.4 Å². The van der Waals surface area contributed by atoms with Crippen molar-refractivity contribution in [3.8, 4) is 0 Å². The van der Waals surface area contributed by atoms with Crippen LogP contribution in [-0.2, 0) is 11.2 Å². The highest BCUT2D eigenvalue weighted by atomic mass is 16.2. The van der Waals surface area contributed by atoms with Crippen LogP contribution in [0.4, 0.5) is 5.69 Å². The summed E-state index contributed by atoms with van der Waals surface area (Å²) in [4.78, 5) is 13.7. The van der Waals surface area contributed by atoms with Gasteiger partial charge in [-0.15, -0.1) is 0 Å². The van der Waals surface area contributed by atoms with E-state index in [1.54, 1.807) is 4.90 Å². The zero-order valence-corrected chi connectivity index (χ0v) is 11.3. The second kappa shape index (κ2) is 6.01. The monoisotopic (exact) mass is 246 g/mol. The number of hydrogen-bond donors (Lipinski definition) is 1. The van der Waals surface area contributed by atoms with Gasteiger partial charge in [0.25, 0.3) is 0 Å². The lowest BCUT2D eigenvalue weighted by atomic mass is 10.1. The summed E-state index contributed by atoms with van der Waals surface area (Å²) >= 11 is 0. The van der Waals surface area contributed by atoms with Crippen molar-refractivity contribution in [3.05, 3.63) is 29.8 Å². The number of hydrogen-bond acceptors (Lipinski definition) is 2. The van der Waals surface area contributed by atoms with E-state index < -0.39 is 0 Å². The molecule has 1 fully saturated rings. The Kier molecular flexibility index (Phi) is 4.37. The number of amides is 1. The molecule has 18 heavy (non-hydrogen) atoms. The predicted molar refractivity (Wildman–Crippen MR) is 74.9 cm³/mol. The molecule has 0 bridgehead atoms. The summed E-state index contributed by atoms with van der Waals surface area (Å²) in [5.74, 6) is 0.174. The van der Waals surface area contributed by atoms with Gasteiger partial charge in [0, 0.05) is 31.7 Å². The van der Waals surface area contributed by atoms with Crippen LogP contribution in [0.5, 0.6) is 0 Å². The molecule has 98 valence electrons. The third-order valence-electron chi connectivity index (χ3n) is 3.46. The zero-order chi connectivity index (χ0) is 13.0. The number of anilines is 1. The van der Waals surface area contributed by atoms with Gasteiger partial charge in [-0.2, -0.15) is 0 Å². The molecule has 0 radical (unpaired) electrons. The normalized spacial score (nSPS) is 14.6. The molecule has 1 N–H and O–H groups in total. The smallest absolute Gasteiger partial charge is 0.227 e. The first-order chi connectivity index (χ1) is 8.70. The van der Waals surface area contributed by atoms with Gasteiger partial charge in [-0.25, -0.2) is 0 Å². The molecule has 0 unspecified atom stereocenters. The van der Waals surface area contributed by atoms with Crippen molar-refractivity contribution in [2.45, 2.75) is 38.6 Å². The molecule has 0 aliphatic heterocycles. The van der Waals surface area contributed by atoms with Crippen LogP contribution in [0.2, 0.25) is 0 Å². The Labute approximate surface area is 109 Å². The van der Waals surface area contributed by atoms with Crippen molar-refractivity contribution in [1.29, 1.82) is 0 Å². The average molecular weight is 246 g/mol. The first-order valence-electron chi connectivity index (χ1n) is 6.79. The molecule has 1 amide bonds. The fourth-order valence-corrected chi connectivity index (χ4v) is 1.94. The van der Waals surface area contributed by atoms with Gasteiger partial charge in [0.1, 0.15) is 0 Å². The third-order valence-corrected chi connectivity index (χ3v) is 3.46. The van der Waals surface area contributed by atoms with Gasteiger partial charge < -0.3 is 10.2 Å². The molecule has 1 aromatic carbocycles. The standard InChI is InChI=1S/C15H22N2O/c1-3-12-4-8-14(9-5-12)17(2)15(18)10-11-16-13-6-7-13/h4-5,8-9,13,16H,3,6-7,10-11H2,1-2H3. The van der Waals surface area contributed by atoms with Crippen LogP contribution in [0, 0.1) is 0 Å². The second-order valence-corrected chi connectivity index (χ2v) is 4.95. The van der Waals surface area contributed by atoms with E-state index in [0.29, 0.717) is 12.5 Å². The lowest BCUT2D eigenvalue weighted by molar-refractivity contribution is -0.118. The molecule has 0 spiro atoms. The maximum absolute atomic E-state index is 12.0. The van der Waals surface area contributed by atoms with Crippen LogP contribution < -0.4 is 10.2 Å². The maximum atomic E-state index is 12.0. The highest BCUT2D eigenvalue weighted by Crippen LogP contribution is 2.19. The minimum Gasteiger partial charge on any atom is -0.315 e. The topological polar surface area (TPSA) is 32.3 Å². The van der Waals surface area contributed by atoms with Crippen LogP contribution >= 0.6 is 0 Å². The Morgan fingerprint density at radius 1 is 1.33 bits per heavy atom. The summed E-state index contributed by atoms with van der Waals surface area (Å²) in [5.41, 5.74) is 2.28. The summed E-state index contributed by atoms with van der Waals surface area (Å²) in [7, 11) is 1.85. The Morgan fingerprint density at radius 3 is 2.56 bits per heavy atom. The molecule has 3 nitrogen and oxygen atoms in total. The van der Waals surface area contributed by atoms with Crippen LogP contribution in [0.1, 0.15) is 31.7 Å². The molecule has 2 rings (SSSR count). The second-order valence-electron chi connectivity index (χ2n) is 4.95. The van der Waals surface area contributed by atoms with Crippen molar-refractivity contribution in [3.63, 3.8) is 0 Å². The molecule has 1 aliphatic rings. The lowest BCUT2D eigenvalue weighted by Crippen LogP contribution is -2.30. The largest absolute Gasteiger partial charge is 0.315 e. The van der Waals surface area contributed by atoms with Crippen LogP contribution in [0.25, 0.3) is 0 Å². The fourth-order valence-electron chi connectivity index (χ4n) is 1.94. The minimum atomic E-state index is 0.174. The van der Waals surface area contributed by atoms with Crippen LogP contribution in [-0.4, -0.2) is 25.5 Å². The van der Waals surface area contributed by atoms with Gasteiger partial charge in [-0.3, -0.25) is 4.79 Å². The number of nitrogens with zero attached hydrogens (tertiary/aromatic N) is 1. The summed E-state index contributed by atoms with van der Waals surface area (Å²) in [6, 6.07) is 8.88. The highest BCUT2D eigenvalue weighted by Gasteiger charge is 2.20. The molecule has 0 saturated heterocycles. The highest BCUT2D eigenvalue weighted by molar-refractivity contribution is 5.92. The van der Waals surface area contributed by atoms with E-state index in [2.05, 4.69) is 24.4 Å². The molecular weight excluding hydrogens is 224 g/mol. The van der Waals surface area contributed by atoms with E-state index in [1.807, 2.05) is 19.2 Å². The Bertz CT molecular complexity index is 395. The summed E-state index contributed by atoms with van der Waals surface area (Å²) < 4.78 is 0. The summed E-state index contributed by atoms with van der Waals surface area (Å²) in [6.45, 7) is 2.92. The predicted octanol–water partition coefficient (Wildman–Crippen LogP) is 2.35. The van der Waals surface area contributed by atoms with Crippen LogP contribution in [0.15, 0.2) is 24.3 Å². The van der Waals surface area contributed by atoms with E-state index >= 15 is 0 Å². The number of carbonyl (C=O) groups is 1. The van der Waals surface area contributed by atoms with Crippen molar-refractivity contribution in [2.75, 3.05) is 18.5 Å². The van der Waals surface area contributed by atoms with Crippen molar-refractivity contribution in [1.82, 2.24) is 5.32 Å². The Balaban J connectivity index is 1.83. The van der Waals surface area contributed by atoms with Gasteiger partial charge in [0.15, 0.2) is 0 Å². The first-order valence-corrected chi connectivity index (χ1v) is 6.79. The van der Waals surface area contributed by atoms with E-state index in [-0.39, 0.29) is 5.91 Å². The Morgan fingerprint density at radius 2 is 2.00 bits per heavy atom. The van der Waals surface area contributed by atoms with Gasteiger partial charge in [-0.1, -0.05) is 19.1 Å².